The van der Waals surface area contributed by atoms with Crippen LogP contribution in [0.2, 0.25) is 0 Å². The minimum atomic E-state index is -0.826. The van der Waals surface area contributed by atoms with E-state index in [0.717, 1.165) is 0 Å². The highest BCUT2D eigenvalue weighted by molar-refractivity contribution is 5.70. The summed E-state index contributed by atoms with van der Waals surface area (Å²) in [5.41, 5.74) is 0. The average molecular weight is 118 g/mol. The highest BCUT2D eigenvalue weighted by atomic mass is 16.3. The van der Waals surface area contributed by atoms with Gasteiger partial charge in [0, 0.05) is 0 Å². The van der Waals surface area contributed by atoms with Crippen LogP contribution in [0.1, 0.15) is 0 Å². The molecule has 4 heteroatoms. The first-order chi connectivity index (χ1) is 3.72. The van der Waals surface area contributed by atoms with Crippen LogP contribution in [0.4, 0.5) is 0 Å². The van der Waals surface area contributed by atoms with Gasteiger partial charge < -0.3 is 15.3 Å². The molecule has 4 nitrogen and oxygen atoms in total. The number of aliphatic hydroxyl groups excluding tert-OH is 3. The molecule has 0 amide bonds. The van der Waals surface area contributed by atoms with Gasteiger partial charge in [0.15, 0.2) is 17.8 Å². The van der Waals surface area contributed by atoms with Gasteiger partial charge in [-0.15, -0.1) is 0 Å². The Bertz CT molecular complexity index is 115. The third-order valence-corrected chi connectivity index (χ3v) is 0.557. The summed E-state index contributed by atoms with van der Waals surface area (Å²) in [5, 5.41) is 24.5. The van der Waals surface area contributed by atoms with Crippen LogP contribution in [0, 0.1) is 0 Å². The molecule has 0 fully saturated rings. The second kappa shape index (κ2) is 3.04. The van der Waals surface area contributed by atoms with E-state index in [-0.39, 0.29) is 6.29 Å². The third-order valence-electron chi connectivity index (χ3n) is 0.557. The molecule has 0 radical (unpaired) electrons. The smallest absolute Gasteiger partial charge is 0.196 e. The van der Waals surface area contributed by atoms with Gasteiger partial charge in [-0.2, -0.15) is 0 Å². The number of hydrogen-bond donors (Lipinski definition) is 3. The molecule has 0 bridgehead atoms. The van der Waals surface area contributed by atoms with Crippen LogP contribution in [0.25, 0.3) is 0 Å². The molecule has 0 spiro atoms. The highest BCUT2D eigenvalue weighted by Crippen LogP contribution is 1.89. The van der Waals surface area contributed by atoms with Gasteiger partial charge in [0.25, 0.3) is 0 Å². The normalized spacial score (nSPS) is 12.6. The summed E-state index contributed by atoms with van der Waals surface area (Å²) in [6.07, 6.45) is 0.0472. The fourth-order valence-corrected chi connectivity index (χ4v) is 0.149. The van der Waals surface area contributed by atoms with Crippen LogP contribution in [-0.4, -0.2) is 28.2 Å². The van der Waals surface area contributed by atoms with Gasteiger partial charge in [0.05, 0.1) is 0 Å². The Morgan fingerprint density at radius 2 is 2.00 bits per heavy atom. The van der Waals surface area contributed by atoms with Gasteiger partial charge in [-0.3, -0.25) is 4.79 Å². The fraction of sp³-hybridized carbons (Fsp3) is 0.250. The summed E-state index contributed by atoms with van der Waals surface area (Å²) in [4.78, 5) is 9.53. The molecule has 0 aliphatic rings. The second-order valence-corrected chi connectivity index (χ2v) is 1.11. The van der Waals surface area contributed by atoms with Gasteiger partial charge in [-0.25, -0.2) is 0 Å². The average Bonchev–Trinajstić information content (AvgIpc) is 1.84. The molecule has 0 aliphatic carbocycles. The number of aliphatic hydroxyl groups is 3. The van der Waals surface area contributed by atoms with Gasteiger partial charge in [-0.05, 0) is 0 Å². The van der Waals surface area contributed by atoms with Crippen LogP contribution < -0.4 is 0 Å². The van der Waals surface area contributed by atoms with Crippen LogP contribution >= 0.6 is 0 Å². The van der Waals surface area contributed by atoms with E-state index in [2.05, 4.69) is 0 Å². The van der Waals surface area contributed by atoms with Crippen LogP contribution in [0.3, 0.4) is 0 Å². The molecule has 0 rings (SSSR count). The quantitative estimate of drug-likeness (QED) is 0.259. The van der Waals surface area contributed by atoms with E-state index in [9.17, 15) is 4.79 Å². The van der Waals surface area contributed by atoms with E-state index in [0.29, 0.717) is 0 Å². The van der Waals surface area contributed by atoms with Crippen LogP contribution in [0.5, 0.6) is 0 Å². The molecule has 0 atom stereocenters. The van der Waals surface area contributed by atoms with E-state index in [1.54, 1.807) is 0 Å². The largest absolute Gasteiger partial charge is 0.506 e. The Kier molecular flexibility index (Phi) is 2.64. The Morgan fingerprint density at radius 1 is 1.50 bits per heavy atom. The first kappa shape index (κ1) is 6.97. The summed E-state index contributed by atoms with van der Waals surface area (Å²) >= 11 is 0. The van der Waals surface area contributed by atoms with Crippen molar-refractivity contribution in [2.24, 2.45) is 0 Å². The zero-order chi connectivity index (χ0) is 6.57. The van der Waals surface area contributed by atoms with Crippen LogP contribution in [-0.2, 0) is 4.79 Å². The zero-order valence-electron chi connectivity index (χ0n) is 4.03. The molecule has 8 heavy (non-hydrogen) atoms. The molecule has 0 aromatic carbocycles. The number of rotatable bonds is 2. The molecular formula is C4H6O4. The van der Waals surface area contributed by atoms with Gasteiger partial charge >= 0.3 is 0 Å². The minimum absolute atomic E-state index is 0.0472. The Morgan fingerprint density at radius 3 is 2.12 bits per heavy atom. The maximum Gasteiger partial charge on any atom is 0.196 e. The predicted molar refractivity (Wildman–Crippen MR) is 25.4 cm³/mol. The summed E-state index contributed by atoms with van der Waals surface area (Å²) in [6, 6.07) is 0. The molecule has 0 aromatic heterocycles. The number of aldehydes is 1. The molecule has 0 heterocycles. The molecule has 3 N–H and O–H groups in total. The summed E-state index contributed by atoms with van der Waals surface area (Å²) < 4.78 is 0. The monoisotopic (exact) mass is 118 g/mol. The maximum atomic E-state index is 9.53. The molecule has 46 valence electrons. The number of allylic oxidation sites excluding steroid dienone is 1. The van der Waals surface area contributed by atoms with Crippen molar-refractivity contribution >= 4 is 6.29 Å². The number of hydrogen-bond acceptors (Lipinski definition) is 4. The lowest BCUT2D eigenvalue weighted by molar-refractivity contribution is -0.107. The van der Waals surface area contributed by atoms with Crippen molar-refractivity contribution in [3.05, 3.63) is 11.5 Å². The van der Waals surface area contributed by atoms with Crippen LogP contribution in [0.15, 0.2) is 11.5 Å². The molecular weight excluding hydrogens is 112 g/mol. The molecule has 0 saturated carbocycles. The standard InChI is InChI=1S/C4H6O4/c5-1-3(7)4(8)2-6/h1,6-8H,2H2/b4-3-. The first-order valence-corrected chi connectivity index (χ1v) is 1.89. The second-order valence-electron chi connectivity index (χ2n) is 1.11. The van der Waals surface area contributed by atoms with Crippen molar-refractivity contribution in [3.8, 4) is 0 Å². The van der Waals surface area contributed by atoms with E-state index < -0.39 is 18.1 Å². The van der Waals surface area contributed by atoms with Crippen molar-refractivity contribution in [2.75, 3.05) is 6.61 Å². The Balaban J connectivity index is 4.03. The predicted octanol–water partition coefficient (Wildman–Crippen LogP) is -0.495. The SMILES string of the molecule is O=C/C(O)=C(/O)CO. The summed E-state index contributed by atoms with van der Waals surface area (Å²) in [5.74, 6) is -1.53. The Hall–Kier alpha value is -1.03. The topological polar surface area (TPSA) is 77.8 Å². The lowest BCUT2D eigenvalue weighted by Gasteiger charge is -1.90. The Labute approximate surface area is 45.7 Å². The summed E-state index contributed by atoms with van der Waals surface area (Å²) in [7, 11) is 0. The van der Waals surface area contributed by atoms with E-state index in [1.165, 1.54) is 0 Å². The van der Waals surface area contributed by atoms with Crippen molar-refractivity contribution in [1.82, 2.24) is 0 Å². The highest BCUT2D eigenvalue weighted by Gasteiger charge is 1.97. The molecule has 0 aliphatic heterocycles. The minimum Gasteiger partial charge on any atom is -0.506 e. The van der Waals surface area contributed by atoms with Gasteiger partial charge in [0.2, 0.25) is 0 Å². The molecule has 0 saturated heterocycles. The molecule has 0 unspecified atom stereocenters. The van der Waals surface area contributed by atoms with Gasteiger partial charge in [0.1, 0.15) is 6.61 Å². The fourth-order valence-electron chi connectivity index (χ4n) is 0.149. The first-order valence-electron chi connectivity index (χ1n) is 1.89. The maximum absolute atomic E-state index is 9.53. The van der Waals surface area contributed by atoms with E-state index in [4.69, 9.17) is 15.3 Å². The van der Waals surface area contributed by atoms with Crippen molar-refractivity contribution in [2.45, 2.75) is 0 Å². The van der Waals surface area contributed by atoms with Crippen molar-refractivity contribution in [1.29, 1.82) is 0 Å². The summed E-state index contributed by atoms with van der Waals surface area (Å²) in [6.45, 7) is -0.718. The third kappa shape index (κ3) is 1.61. The lowest BCUT2D eigenvalue weighted by atomic mass is 10.4. The van der Waals surface area contributed by atoms with Crippen molar-refractivity contribution < 1.29 is 20.1 Å². The zero-order valence-corrected chi connectivity index (χ0v) is 4.03. The molecule has 0 aromatic rings. The number of carbonyl (C=O) groups excluding carboxylic acids is 1. The van der Waals surface area contributed by atoms with E-state index in [1.807, 2.05) is 0 Å². The van der Waals surface area contributed by atoms with Gasteiger partial charge in [-0.1, -0.05) is 0 Å². The van der Waals surface area contributed by atoms with Crippen molar-refractivity contribution in [3.63, 3.8) is 0 Å². The number of carbonyl (C=O) groups is 1. The van der Waals surface area contributed by atoms with E-state index >= 15 is 0 Å². The lowest BCUT2D eigenvalue weighted by Crippen LogP contribution is -1.95.